The predicted octanol–water partition coefficient (Wildman–Crippen LogP) is 4.83. The summed E-state index contributed by atoms with van der Waals surface area (Å²) in [4.78, 5) is 0. The van der Waals surface area contributed by atoms with Crippen LogP contribution in [0.3, 0.4) is 0 Å². The normalized spacial score (nSPS) is 16.3. The van der Waals surface area contributed by atoms with Gasteiger partial charge in [0, 0.05) is 16.5 Å². The monoisotopic (exact) mass is 370 g/mol. The molecule has 1 aromatic carbocycles. The molecule has 0 aromatic heterocycles. The molecule has 1 heterocycles. The van der Waals surface area contributed by atoms with Gasteiger partial charge in [0.15, 0.2) is 0 Å². The Hall–Kier alpha value is -0.580. The topological polar surface area (TPSA) is 27.7 Å². The minimum Gasteiger partial charge on any atom is -0.494 e. The molecular formula is C18H27BrO3. The van der Waals surface area contributed by atoms with Crippen LogP contribution in [-0.2, 0) is 9.47 Å². The molecule has 124 valence electrons. The summed E-state index contributed by atoms with van der Waals surface area (Å²) in [5.41, 5.74) is 0.318. The summed E-state index contributed by atoms with van der Waals surface area (Å²) in [6, 6.07) is 7.99. The molecule has 0 amide bonds. The molecular weight excluding hydrogens is 344 g/mol. The molecule has 0 unspecified atom stereocenters. The number of benzene rings is 1. The predicted molar refractivity (Wildman–Crippen MR) is 92.5 cm³/mol. The summed E-state index contributed by atoms with van der Waals surface area (Å²) in [6.07, 6.45) is 5.80. The van der Waals surface area contributed by atoms with E-state index in [4.69, 9.17) is 14.2 Å². The summed E-state index contributed by atoms with van der Waals surface area (Å²) in [5.74, 6) is 0.944. The van der Waals surface area contributed by atoms with E-state index < -0.39 is 0 Å². The Kier molecular flexibility index (Phi) is 7.70. The maximum Gasteiger partial charge on any atom is 0.119 e. The molecule has 0 spiro atoms. The molecule has 0 aliphatic carbocycles. The van der Waals surface area contributed by atoms with Gasteiger partial charge in [0.05, 0.1) is 26.4 Å². The van der Waals surface area contributed by atoms with E-state index >= 15 is 0 Å². The number of ether oxygens (including phenoxy) is 3. The highest BCUT2D eigenvalue weighted by Gasteiger charge is 2.36. The van der Waals surface area contributed by atoms with E-state index in [1.54, 1.807) is 0 Å². The Labute approximate surface area is 142 Å². The van der Waals surface area contributed by atoms with E-state index in [1.165, 1.54) is 12.8 Å². The van der Waals surface area contributed by atoms with Crippen LogP contribution in [0.15, 0.2) is 28.7 Å². The minimum absolute atomic E-state index is 0.318. The molecule has 1 saturated heterocycles. The number of hydrogen-bond donors (Lipinski definition) is 0. The fourth-order valence-electron chi connectivity index (χ4n) is 2.45. The Balaban J connectivity index is 1.40. The van der Waals surface area contributed by atoms with E-state index in [0.29, 0.717) is 5.41 Å². The lowest BCUT2D eigenvalue weighted by Crippen LogP contribution is -2.45. The number of hydrogen-bond acceptors (Lipinski definition) is 3. The largest absolute Gasteiger partial charge is 0.494 e. The second-order valence-electron chi connectivity index (χ2n) is 6.12. The molecule has 0 bridgehead atoms. The summed E-state index contributed by atoms with van der Waals surface area (Å²) >= 11 is 3.42. The highest BCUT2D eigenvalue weighted by Crippen LogP contribution is 2.31. The zero-order valence-corrected chi connectivity index (χ0v) is 15.1. The van der Waals surface area contributed by atoms with Crippen LogP contribution in [0.1, 0.15) is 39.0 Å². The van der Waals surface area contributed by atoms with Crippen LogP contribution < -0.4 is 4.74 Å². The second-order valence-corrected chi connectivity index (χ2v) is 7.03. The molecule has 1 aromatic rings. The lowest BCUT2D eigenvalue weighted by molar-refractivity contribution is -0.150. The van der Waals surface area contributed by atoms with Crippen LogP contribution in [0.25, 0.3) is 0 Å². The van der Waals surface area contributed by atoms with Gasteiger partial charge in [-0.05, 0) is 49.9 Å². The van der Waals surface area contributed by atoms with Crippen LogP contribution in [0.5, 0.6) is 5.75 Å². The zero-order chi connectivity index (χ0) is 15.7. The van der Waals surface area contributed by atoms with Crippen molar-refractivity contribution in [3.63, 3.8) is 0 Å². The molecule has 3 nitrogen and oxygen atoms in total. The molecule has 1 aliphatic rings. The molecule has 2 rings (SSSR count). The molecule has 1 fully saturated rings. The van der Waals surface area contributed by atoms with Crippen molar-refractivity contribution < 1.29 is 14.2 Å². The summed E-state index contributed by atoms with van der Waals surface area (Å²) in [7, 11) is 0. The first-order valence-corrected chi connectivity index (χ1v) is 9.07. The average Bonchev–Trinajstić information content (AvgIpc) is 2.49. The number of halogens is 1. The lowest BCUT2D eigenvalue weighted by atomic mass is 9.84. The van der Waals surface area contributed by atoms with Gasteiger partial charge >= 0.3 is 0 Å². The molecule has 0 N–H and O–H groups in total. The van der Waals surface area contributed by atoms with Crippen LogP contribution in [0.2, 0.25) is 0 Å². The van der Waals surface area contributed by atoms with E-state index in [9.17, 15) is 0 Å². The van der Waals surface area contributed by atoms with E-state index in [2.05, 4.69) is 22.9 Å². The van der Waals surface area contributed by atoms with E-state index in [-0.39, 0.29) is 0 Å². The van der Waals surface area contributed by atoms with Crippen molar-refractivity contribution in [2.45, 2.75) is 39.0 Å². The van der Waals surface area contributed by atoms with Crippen molar-refractivity contribution in [3.05, 3.63) is 28.7 Å². The van der Waals surface area contributed by atoms with Crippen molar-refractivity contribution in [2.75, 3.05) is 33.0 Å². The average molecular weight is 371 g/mol. The Morgan fingerprint density at radius 3 is 2.32 bits per heavy atom. The van der Waals surface area contributed by atoms with Gasteiger partial charge in [-0.3, -0.25) is 0 Å². The smallest absolute Gasteiger partial charge is 0.119 e. The highest BCUT2D eigenvalue weighted by molar-refractivity contribution is 9.10. The number of rotatable bonds is 11. The third-order valence-electron chi connectivity index (χ3n) is 4.24. The van der Waals surface area contributed by atoms with Crippen molar-refractivity contribution >= 4 is 15.9 Å². The van der Waals surface area contributed by atoms with Gasteiger partial charge in [0.1, 0.15) is 5.75 Å². The molecule has 22 heavy (non-hydrogen) atoms. The quantitative estimate of drug-likeness (QED) is 0.522. The summed E-state index contributed by atoms with van der Waals surface area (Å²) in [6.45, 7) is 6.48. The van der Waals surface area contributed by atoms with Gasteiger partial charge in [-0.15, -0.1) is 0 Å². The van der Waals surface area contributed by atoms with E-state index in [1.807, 2.05) is 24.3 Å². The molecule has 0 atom stereocenters. The highest BCUT2D eigenvalue weighted by atomic mass is 79.9. The second kappa shape index (κ2) is 9.53. The first-order chi connectivity index (χ1) is 10.7. The fourth-order valence-corrected chi connectivity index (χ4v) is 2.71. The Morgan fingerprint density at radius 1 is 1.05 bits per heavy atom. The van der Waals surface area contributed by atoms with Crippen molar-refractivity contribution in [1.29, 1.82) is 0 Å². The molecule has 0 radical (unpaired) electrons. The van der Waals surface area contributed by atoms with Crippen molar-refractivity contribution in [3.8, 4) is 5.75 Å². The molecule has 4 heteroatoms. The van der Waals surface area contributed by atoms with E-state index in [0.717, 1.165) is 62.5 Å². The SMILES string of the molecule is CCC1(COCCCCCCOc2ccc(Br)cc2)COC1. The first-order valence-electron chi connectivity index (χ1n) is 8.28. The van der Waals surface area contributed by atoms with Gasteiger partial charge in [-0.1, -0.05) is 29.3 Å². The zero-order valence-electron chi connectivity index (χ0n) is 13.5. The van der Waals surface area contributed by atoms with Crippen molar-refractivity contribution in [1.82, 2.24) is 0 Å². The summed E-state index contributed by atoms with van der Waals surface area (Å²) in [5, 5.41) is 0. The van der Waals surface area contributed by atoms with Gasteiger partial charge in [0.25, 0.3) is 0 Å². The maximum atomic E-state index is 5.80. The van der Waals surface area contributed by atoms with Gasteiger partial charge in [0.2, 0.25) is 0 Å². The Morgan fingerprint density at radius 2 is 1.73 bits per heavy atom. The number of unbranched alkanes of at least 4 members (excludes halogenated alkanes) is 3. The minimum atomic E-state index is 0.318. The summed E-state index contributed by atoms with van der Waals surface area (Å²) < 4.78 is 17.9. The van der Waals surface area contributed by atoms with Crippen molar-refractivity contribution in [2.24, 2.45) is 5.41 Å². The maximum absolute atomic E-state index is 5.80. The molecule has 1 aliphatic heterocycles. The Bertz CT molecular complexity index is 409. The standard InChI is InChI=1S/C18H27BrO3/c1-2-18(14-21-15-18)13-20-11-5-3-4-6-12-22-17-9-7-16(19)8-10-17/h7-10H,2-6,11-15H2,1H3. The fraction of sp³-hybridized carbons (Fsp3) is 0.667. The van der Waals surface area contributed by atoms with Gasteiger partial charge in [-0.25, -0.2) is 0 Å². The van der Waals surface area contributed by atoms with Crippen LogP contribution >= 0.6 is 15.9 Å². The van der Waals surface area contributed by atoms with Crippen LogP contribution in [0, 0.1) is 5.41 Å². The first kappa shape index (κ1) is 17.8. The lowest BCUT2D eigenvalue weighted by Gasteiger charge is -2.40. The molecule has 0 saturated carbocycles. The van der Waals surface area contributed by atoms with Crippen LogP contribution in [0.4, 0.5) is 0 Å². The van der Waals surface area contributed by atoms with Gasteiger partial charge < -0.3 is 14.2 Å². The van der Waals surface area contributed by atoms with Crippen LogP contribution in [-0.4, -0.2) is 33.0 Å². The third kappa shape index (κ3) is 5.90. The van der Waals surface area contributed by atoms with Gasteiger partial charge in [-0.2, -0.15) is 0 Å². The third-order valence-corrected chi connectivity index (χ3v) is 4.77.